The smallest absolute Gasteiger partial charge is 0.317 e. The number of piperazine rings is 1. The number of amides is 2. The molecule has 1 aromatic heterocycles. The number of nitrogens with zero attached hydrogens (tertiary/aromatic N) is 5. The van der Waals surface area contributed by atoms with Crippen molar-refractivity contribution in [2.24, 2.45) is 7.05 Å². The predicted molar refractivity (Wildman–Crippen MR) is 68.8 cm³/mol. The monoisotopic (exact) mass is 260 g/mol. The van der Waals surface area contributed by atoms with Crippen molar-refractivity contribution in [3.8, 4) is 6.07 Å². The highest BCUT2D eigenvalue weighted by molar-refractivity contribution is 5.77. The summed E-state index contributed by atoms with van der Waals surface area (Å²) in [5.41, 5.74) is 1.39. The molecule has 1 atom stereocenters. The first-order valence-corrected chi connectivity index (χ1v) is 6.35. The van der Waals surface area contributed by atoms with E-state index in [0.717, 1.165) is 24.6 Å². The second-order valence-corrected chi connectivity index (χ2v) is 5.00. The highest BCUT2D eigenvalue weighted by Gasteiger charge is 2.36. The summed E-state index contributed by atoms with van der Waals surface area (Å²) in [5.74, 6) is 0.860. The molecule has 2 saturated heterocycles. The van der Waals surface area contributed by atoms with Gasteiger partial charge in [-0.25, -0.2) is 4.79 Å². The predicted octanol–water partition coefficient (Wildman–Crippen LogP) is -0.186. The number of hydrogen-bond acceptors (Lipinski definition) is 4. The molecule has 19 heavy (non-hydrogen) atoms. The summed E-state index contributed by atoms with van der Waals surface area (Å²) in [4.78, 5) is 15.6. The number of anilines is 1. The van der Waals surface area contributed by atoms with E-state index in [1.54, 1.807) is 4.68 Å². The third-order valence-electron chi connectivity index (χ3n) is 3.84. The minimum absolute atomic E-state index is 0.0198. The van der Waals surface area contributed by atoms with E-state index in [1.165, 1.54) is 0 Å². The average molecular weight is 260 g/mol. The summed E-state index contributed by atoms with van der Waals surface area (Å²) in [6.07, 6.45) is 0. The van der Waals surface area contributed by atoms with Gasteiger partial charge in [-0.3, -0.25) is 4.68 Å². The zero-order valence-electron chi connectivity index (χ0n) is 11.1. The van der Waals surface area contributed by atoms with Crippen LogP contribution >= 0.6 is 0 Å². The van der Waals surface area contributed by atoms with Crippen LogP contribution in [0.25, 0.3) is 0 Å². The van der Waals surface area contributed by atoms with Crippen LogP contribution in [-0.4, -0.2) is 52.9 Å². The van der Waals surface area contributed by atoms with Crippen molar-refractivity contribution in [2.75, 3.05) is 31.1 Å². The molecule has 2 aliphatic rings. The maximum absolute atomic E-state index is 11.6. The summed E-state index contributed by atoms with van der Waals surface area (Å²) in [7, 11) is 1.85. The van der Waals surface area contributed by atoms with E-state index >= 15 is 0 Å². The van der Waals surface area contributed by atoms with Crippen molar-refractivity contribution < 1.29 is 4.79 Å². The molecule has 1 N–H and O–H groups in total. The first-order valence-electron chi connectivity index (χ1n) is 6.35. The largest absolute Gasteiger partial charge is 0.352 e. The van der Waals surface area contributed by atoms with Crippen molar-refractivity contribution >= 4 is 11.8 Å². The Morgan fingerprint density at radius 1 is 1.47 bits per heavy atom. The van der Waals surface area contributed by atoms with Crippen molar-refractivity contribution in [3.05, 3.63) is 11.3 Å². The van der Waals surface area contributed by atoms with E-state index < -0.39 is 0 Å². The Labute approximate surface area is 111 Å². The van der Waals surface area contributed by atoms with Crippen molar-refractivity contribution in [2.45, 2.75) is 13.0 Å². The zero-order valence-corrected chi connectivity index (χ0v) is 11.1. The van der Waals surface area contributed by atoms with E-state index in [-0.39, 0.29) is 12.1 Å². The standard InChI is InChI=1S/C12H16N6O/c1-8-10(5-13)11(16(2)15-8)17-3-4-18-9(7-17)6-14-12(18)19/h9H,3-4,6-7H2,1-2H3,(H,14,19). The molecule has 0 bridgehead atoms. The van der Waals surface area contributed by atoms with Gasteiger partial charge in [-0.2, -0.15) is 10.4 Å². The van der Waals surface area contributed by atoms with Gasteiger partial charge in [0.2, 0.25) is 0 Å². The highest BCUT2D eigenvalue weighted by Crippen LogP contribution is 2.25. The van der Waals surface area contributed by atoms with Crippen LogP contribution in [0.2, 0.25) is 0 Å². The minimum atomic E-state index is 0.0198. The van der Waals surface area contributed by atoms with Gasteiger partial charge in [0.15, 0.2) is 0 Å². The van der Waals surface area contributed by atoms with Crippen LogP contribution in [0, 0.1) is 18.3 Å². The van der Waals surface area contributed by atoms with Crippen LogP contribution in [-0.2, 0) is 7.05 Å². The second-order valence-electron chi connectivity index (χ2n) is 5.00. The Bertz CT molecular complexity index is 572. The van der Waals surface area contributed by atoms with Gasteiger partial charge in [0.05, 0.1) is 11.7 Å². The Kier molecular flexibility index (Phi) is 2.59. The maximum atomic E-state index is 11.6. The average Bonchev–Trinajstić information content (AvgIpc) is 2.89. The van der Waals surface area contributed by atoms with E-state index in [2.05, 4.69) is 21.4 Å². The van der Waals surface area contributed by atoms with E-state index in [4.69, 9.17) is 0 Å². The fourth-order valence-corrected chi connectivity index (χ4v) is 2.94. The number of rotatable bonds is 1. The Morgan fingerprint density at radius 2 is 2.26 bits per heavy atom. The molecule has 0 aliphatic carbocycles. The highest BCUT2D eigenvalue weighted by atomic mass is 16.2. The number of aromatic nitrogens is 2. The molecule has 100 valence electrons. The van der Waals surface area contributed by atoms with Gasteiger partial charge in [0.25, 0.3) is 0 Å². The number of nitrogens with one attached hydrogen (secondary N) is 1. The number of carbonyl (C=O) groups excluding carboxylic acids is 1. The molecule has 2 amide bonds. The van der Waals surface area contributed by atoms with Crippen LogP contribution in [0.5, 0.6) is 0 Å². The minimum Gasteiger partial charge on any atom is -0.352 e. The Morgan fingerprint density at radius 3 is 3.00 bits per heavy atom. The van der Waals surface area contributed by atoms with Crippen LogP contribution in [0.15, 0.2) is 0 Å². The molecule has 3 rings (SSSR count). The van der Waals surface area contributed by atoms with Crippen molar-refractivity contribution in [3.63, 3.8) is 0 Å². The Hall–Kier alpha value is -2.23. The number of carbonyl (C=O) groups is 1. The van der Waals surface area contributed by atoms with E-state index in [9.17, 15) is 10.1 Å². The number of hydrogen-bond donors (Lipinski definition) is 1. The van der Waals surface area contributed by atoms with Crippen LogP contribution in [0.4, 0.5) is 10.6 Å². The lowest BCUT2D eigenvalue weighted by Gasteiger charge is -2.37. The van der Waals surface area contributed by atoms with Crippen LogP contribution in [0.1, 0.15) is 11.3 Å². The lowest BCUT2D eigenvalue weighted by molar-refractivity contribution is 0.197. The van der Waals surface area contributed by atoms with Crippen molar-refractivity contribution in [1.82, 2.24) is 20.0 Å². The summed E-state index contributed by atoms with van der Waals surface area (Å²) in [6, 6.07) is 2.43. The summed E-state index contributed by atoms with van der Waals surface area (Å²) in [5, 5.41) is 16.4. The fraction of sp³-hybridized carbons (Fsp3) is 0.583. The molecule has 0 radical (unpaired) electrons. The van der Waals surface area contributed by atoms with Crippen molar-refractivity contribution in [1.29, 1.82) is 5.26 Å². The van der Waals surface area contributed by atoms with Gasteiger partial charge in [0, 0.05) is 33.2 Å². The lowest BCUT2D eigenvalue weighted by atomic mass is 10.1. The number of urea groups is 1. The van der Waals surface area contributed by atoms with Gasteiger partial charge in [-0.1, -0.05) is 0 Å². The molecule has 1 aromatic rings. The summed E-state index contributed by atoms with van der Waals surface area (Å²) < 4.78 is 1.76. The summed E-state index contributed by atoms with van der Waals surface area (Å²) >= 11 is 0. The molecule has 3 heterocycles. The molecular weight excluding hydrogens is 244 g/mol. The van der Waals surface area contributed by atoms with Gasteiger partial charge in [0.1, 0.15) is 17.5 Å². The quantitative estimate of drug-likeness (QED) is 0.759. The molecule has 7 nitrogen and oxygen atoms in total. The summed E-state index contributed by atoms with van der Waals surface area (Å²) in [6.45, 7) is 4.68. The van der Waals surface area contributed by atoms with E-state index in [1.807, 2.05) is 18.9 Å². The topological polar surface area (TPSA) is 77.2 Å². The molecule has 1 unspecified atom stereocenters. The van der Waals surface area contributed by atoms with Gasteiger partial charge in [-0.05, 0) is 6.92 Å². The molecule has 7 heteroatoms. The normalized spacial score (nSPS) is 22.2. The first kappa shape index (κ1) is 11.8. The van der Waals surface area contributed by atoms with Crippen LogP contribution < -0.4 is 10.2 Å². The molecule has 0 spiro atoms. The number of fused-ring (bicyclic) bond motifs is 1. The number of nitriles is 1. The molecule has 0 saturated carbocycles. The Balaban J connectivity index is 1.89. The molecular formula is C12H16N6O. The third-order valence-corrected chi connectivity index (χ3v) is 3.84. The molecule has 0 aromatic carbocycles. The first-order chi connectivity index (χ1) is 9.11. The molecule has 2 fully saturated rings. The second kappa shape index (κ2) is 4.16. The number of aryl methyl sites for hydroxylation is 2. The lowest BCUT2D eigenvalue weighted by Crippen LogP contribution is -2.52. The molecule has 2 aliphatic heterocycles. The van der Waals surface area contributed by atoms with Gasteiger partial charge < -0.3 is 15.1 Å². The SMILES string of the molecule is Cc1nn(C)c(N2CCN3C(=O)NCC3C2)c1C#N. The van der Waals surface area contributed by atoms with Gasteiger partial charge in [-0.15, -0.1) is 0 Å². The zero-order chi connectivity index (χ0) is 13.6. The van der Waals surface area contributed by atoms with Gasteiger partial charge >= 0.3 is 6.03 Å². The van der Waals surface area contributed by atoms with Crippen LogP contribution in [0.3, 0.4) is 0 Å². The third kappa shape index (κ3) is 1.71. The maximum Gasteiger partial charge on any atom is 0.317 e. The fourth-order valence-electron chi connectivity index (χ4n) is 2.94. The van der Waals surface area contributed by atoms with E-state index in [0.29, 0.717) is 18.7 Å².